The molecule has 0 bridgehead atoms. The van der Waals surface area contributed by atoms with Crippen LogP contribution in [0.4, 0.5) is 11.8 Å². The second-order valence-electron chi connectivity index (χ2n) is 8.39. The molecule has 4 heterocycles. The van der Waals surface area contributed by atoms with Gasteiger partial charge in [-0.3, -0.25) is 4.90 Å². The average Bonchev–Trinajstić information content (AvgIpc) is 3.03. The van der Waals surface area contributed by atoms with Gasteiger partial charge in [-0.05, 0) is 49.4 Å². The summed E-state index contributed by atoms with van der Waals surface area (Å²) in [6.45, 7) is 5.38. The lowest BCUT2D eigenvalue weighted by molar-refractivity contribution is 0.171. The zero-order valence-corrected chi connectivity index (χ0v) is 17.6. The maximum atomic E-state index is 5.75. The topological polar surface area (TPSA) is 62.8 Å². The lowest BCUT2D eigenvalue weighted by atomic mass is 10.2. The van der Waals surface area contributed by atoms with Crippen LogP contribution in [0.25, 0.3) is 0 Å². The van der Waals surface area contributed by atoms with Gasteiger partial charge in [0.2, 0.25) is 5.95 Å². The molecule has 7 heteroatoms. The summed E-state index contributed by atoms with van der Waals surface area (Å²) in [5.74, 6) is 3.48. The number of fused-ring (bicyclic) bond motifs is 1. The van der Waals surface area contributed by atoms with Gasteiger partial charge < -0.3 is 19.7 Å². The molecule has 2 saturated heterocycles. The van der Waals surface area contributed by atoms with Crippen LogP contribution in [0.15, 0.2) is 30.5 Å². The molecule has 7 nitrogen and oxygen atoms in total. The molecule has 30 heavy (non-hydrogen) atoms. The Labute approximate surface area is 178 Å². The molecule has 1 aromatic heterocycles. The molecule has 0 saturated carbocycles. The highest BCUT2D eigenvalue weighted by Crippen LogP contribution is 2.32. The van der Waals surface area contributed by atoms with Crippen molar-refractivity contribution < 1.29 is 9.47 Å². The third-order valence-corrected chi connectivity index (χ3v) is 6.22. The average molecular weight is 410 g/mol. The molecule has 0 spiro atoms. The number of rotatable bonds is 5. The maximum Gasteiger partial charge on any atom is 0.225 e. The molecule has 3 aliphatic heterocycles. The molecule has 0 radical (unpaired) electrons. The summed E-state index contributed by atoms with van der Waals surface area (Å²) in [5, 5.41) is 3.59. The molecular formula is C23H31N5O2. The van der Waals surface area contributed by atoms with Crippen LogP contribution in [0.5, 0.6) is 11.5 Å². The molecule has 3 aliphatic rings. The van der Waals surface area contributed by atoms with Gasteiger partial charge in [-0.15, -0.1) is 0 Å². The molecule has 2 fully saturated rings. The second kappa shape index (κ2) is 9.08. The number of benzene rings is 1. The van der Waals surface area contributed by atoms with Crippen LogP contribution in [0.1, 0.15) is 44.1 Å². The van der Waals surface area contributed by atoms with E-state index < -0.39 is 0 Å². The fourth-order valence-electron chi connectivity index (χ4n) is 4.64. The van der Waals surface area contributed by atoms with Crippen molar-refractivity contribution >= 4 is 11.8 Å². The smallest absolute Gasteiger partial charge is 0.225 e. The van der Waals surface area contributed by atoms with E-state index in [1.54, 1.807) is 0 Å². The molecule has 160 valence electrons. The van der Waals surface area contributed by atoms with Crippen molar-refractivity contribution in [1.29, 1.82) is 0 Å². The summed E-state index contributed by atoms with van der Waals surface area (Å²) in [4.78, 5) is 14.2. The SMILES string of the molecule is c1cc(N2CCCCCC2)nc(NC2CCCN2Cc2ccc3c(c2)OCCO3)n1. The minimum absolute atomic E-state index is 0.248. The van der Waals surface area contributed by atoms with Gasteiger partial charge in [0.05, 0.1) is 6.17 Å². The van der Waals surface area contributed by atoms with Gasteiger partial charge in [0.15, 0.2) is 11.5 Å². The lowest BCUT2D eigenvalue weighted by Crippen LogP contribution is -2.36. The first kappa shape index (κ1) is 19.4. The number of aromatic nitrogens is 2. The van der Waals surface area contributed by atoms with Crippen molar-refractivity contribution in [2.45, 2.75) is 51.2 Å². The highest BCUT2D eigenvalue weighted by molar-refractivity contribution is 5.44. The van der Waals surface area contributed by atoms with Crippen molar-refractivity contribution in [2.24, 2.45) is 0 Å². The fourth-order valence-corrected chi connectivity index (χ4v) is 4.64. The quantitative estimate of drug-likeness (QED) is 0.808. The zero-order valence-electron chi connectivity index (χ0n) is 17.6. The van der Waals surface area contributed by atoms with Crippen LogP contribution in [0.3, 0.4) is 0 Å². The molecule has 5 rings (SSSR count). The number of likely N-dealkylation sites (tertiary alicyclic amines) is 1. The minimum atomic E-state index is 0.248. The normalized spacial score (nSPS) is 22.0. The van der Waals surface area contributed by atoms with Crippen molar-refractivity contribution in [3.8, 4) is 11.5 Å². The van der Waals surface area contributed by atoms with Crippen molar-refractivity contribution in [2.75, 3.05) is 43.1 Å². The molecule has 2 aromatic rings. The van der Waals surface area contributed by atoms with E-state index in [1.165, 1.54) is 37.7 Å². The van der Waals surface area contributed by atoms with E-state index >= 15 is 0 Å². The van der Waals surface area contributed by atoms with Gasteiger partial charge in [-0.25, -0.2) is 4.98 Å². The Morgan fingerprint density at radius 3 is 2.63 bits per heavy atom. The zero-order chi connectivity index (χ0) is 20.2. The monoisotopic (exact) mass is 409 g/mol. The van der Waals surface area contributed by atoms with E-state index in [4.69, 9.17) is 14.5 Å². The Morgan fingerprint density at radius 2 is 1.77 bits per heavy atom. The second-order valence-corrected chi connectivity index (χ2v) is 8.39. The third-order valence-electron chi connectivity index (χ3n) is 6.22. The van der Waals surface area contributed by atoms with Gasteiger partial charge in [0.1, 0.15) is 19.0 Å². The Bertz CT molecular complexity index is 853. The Kier molecular flexibility index (Phi) is 5.88. The van der Waals surface area contributed by atoms with Gasteiger partial charge in [-0.2, -0.15) is 4.98 Å². The van der Waals surface area contributed by atoms with E-state index in [0.717, 1.165) is 55.9 Å². The number of anilines is 2. The molecule has 0 amide bonds. The fraction of sp³-hybridized carbons (Fsp3) is 0.565. The minimum Gasteiger partial charge on any atom is -0.486 e. The van der Waals surface area contributed by atoms with Crippen LogP contribution in [-0.2, 0) is 6.54 Å². The first-order valence-electron chi connectivity index (χ1n) is 11.3. The van der Waals surface area contributed by atoms with Crippen molar-refractivity contribution in [1.82, 2.24) is 14.9 Å². The predicted molar refractivity (Wildman–Crippen MR) is 117 cm³/mol. The molecule has 1 N–H and O–H groups in total. The molecular weight excluding hydrogens is 378 g/mol. The van der Waals surface area contributed by atoms with Gasteiger partial charge >= 0.3 is 0 Å². The molecule has 1 aromatic carbocycles. The van der Waals surface area contributed by atoms with Crippen LogP contribution < -0.4 is 19.7 Å². The number of nitrogens with zero attached hydrogens (tertiary/aromatic N) is 4. The van der Waals surface area contributed by atoms with E-state index in [0.29, 0.717) is 13.2 Å². The standard InChI is InChI=1S/C23H31N5O2/c1-2-4-12-27(11-3-1)22-9-10-24-23(26-22)25-21-6-5-13-28(21)17-18-7-8-19-20(16-18)30-15-14-29-19/h7-10,16,21H,1-6,11-15,17H2,(H,24,25,26). The predicted octanol–water partition coefficient (Wildman–Crippen LogP) is 3.66. The van der Waals surface area contributed by atoms with Crippen molar-refractivity contribution in [3.05, 3.63) is 36.0 Å². The summed E-state index contributed by atoms with van der Waals surface area (Å²) in [7, 11) is 0. The summed E-state index contributed by atoms with van der Waals surface area (Å²) < 4.78 is 11.4. The number of nitrogens with one attached hydrogen (secondary N) is 1. The summed E-state index contributed by atoms with van der Waals surface area (Å²) >= 11 is 0. The third kappa shape index (κ3) is 4.46. The highest BCUT2D eigenvalue weighted by atomic mass is 16.6. The number of hydrogen-bond acceptors (Lipinski definition) is 7. The lowest BCUT2D eigenvalue weighted by Gasteiger charge is -2.27. The summed E-state index contributed by atoms with van der Waals surface area (Å²) in [6, 6.07) is 8.31. The van der Waals surface area contributed by atoms with Gasteiger partial charge in [0, 0.05) is 32.4 Å². The van der Waals surface area contributed by atoms with E-state index in [9.17, 15) is 0 Å². The maximum absolute atomic E-state index is 5.75. The van der Waals surface area contributed by atoms with E-state index in [2.05, 4.69) is 32.2 Å². The van der Waals surface area contributed by atoms with Gasteiger partial charge in [-0.1, -0.05) is 18.9 Å². The summed E-state index contributed by atoms with van der Waals surface area (Å²) in [5.41, 5.74) is 1.24. The van der Waals surface area contributed by atoms with Crippen LogP contribution in [0, 0.1) is 0 Å². The first-order chi connectivity index (χ1) is 14.8. The Hall–Kier alpha value is -2.54. The van der Waals surface area contributed by atoms with E-state index in [1.807, 2.05) is 18.3 Å². The van der Waals surface area contributed by atoms with Crippen LogP contribution in [0.2, 0.25) is 0 Å². The van der Waals surface area contributed by atoms with Gasteiger partial charge in [0.25, 0.3) is 0 Å². The first-order valence-corrected chi connectivity index (χ1v) is 11.3. The van der Waals surface area contributed by atoms with E-state index in [-0.39, 0.29) is 6.17 Å². The largest absolute Gasteiger partial charge is 0.486 e. The van der Waals surface area contributed by atoms with Crippen LogP contribution >= 0.6 is 0 Å². The Balaban J connectivity index is 1.25. The molecule has 0 aliphatic carbocycles. The molecule has 1 atom stereocenters. The van der Waals surface area contributed by atoms with Crippen LogP contribution in [-0.4, -0.2) is 53.9 Å². The summed E-state index contributed by atoms with van der Waals surface area (Å²) in [6.07, 6.45) is 9.55. The number of hydrogen-bond donors (Lipinski definition) is 1. The Morgan fingerprint density at radius 1 is 0.933 bits per heavy atom. The highest BCUT2D eigenvalue weighted by Gasteiger charge is 2.26. The number of ether oxygens (including phenoxy) is 2. The molecule has 1 unspecified atom stereocenters. The van der Waals surface area contributed by atoms with Crippen molar-refractivity contribution in [3.63, 3.8) is 0 Å².